The molecule has 2 rings (SSSR count). The maximum Gasteiger partial charge on any atom is 0.361 e. The average Bonchev–Trinajstić information content (AvgIpc) is 2.63. The van der Waals surface area contributed by atoms with Crippen LogP contribution < -0.4 is 5.69 Å². The zero-order valence-electron chi connectivity index (χ0n) is 8.32. The van der Waals surface area contributed by atoms with E-state index in [2.05, 4.69) is 15.5 Å². The van der Waals surface area contributed by atoms with Gasteiger partial charge >= 0.3 is 5.69 Å². The van der Waals surface area contributed by atoms with Crippen molar-refractivity contribution in [1.82, 2.24) is 20.2 Å². The second-order valence-electron chi connectivity index (χ2n) is 3.29. The van der Waals surface area contributed by atoms with E-state index in [9.17, 15) is 4.79 Å². The van der Waals surface area contributed by atoms with Crippen molar-refractivity contribution in [3.05, 3.63) is 44.3 Å². The van der Waals surface area contributed by atoms with Crippen molar-refractivity contribution in [2.24, 2.45) is 0 Å². The Morgan fingerprint density at radius 3 is 2.75 bits per heavy atom. The fourth-order valence-electron chi connectivity index (χ4n) is 1.43. The normalized spacial score (nSPS) is 12.7. The molecular formula is C9H8Cl2N4O. The lowest BCUT2D eigenvalue weighted by Crippen LogP contribution is -2.22. The van der Waals surface area contributed by atoms with E-state index in [0.717, 1.165) is 5.56 Å². The van der Waals surface area contributed by atoms with Gasteiger partial charge in [0.2, 0.25) is 0 Å². The van der Waals surface area contributed by atoms with Crippen LogP contribution in [0.3, 0.4) is 0 Å². The van der Waals surface area contributed by atoms with Gasteiger partial charge in [-0.3, -0.25) is 0 Å². The van der Waals surface area contributed by atoms with Gasteiger partial charge in [-0.15, -0.1) is 0 Å². The van der Waals surface area contributed by atoms with Gasteiger partial charge in [-0.1, -0.05) is 29.3 Å². The van der Waals surface area contributed by atoms with Gasteiger partial charge in [0.25, 0.3) is 0 Å². The van der Waals surface area contributed by atoms with Crippen molar-refractivity contribution < 1.29 is 0 Å². The zero-order chi connectivity index (χ0) is 11.7. The lowest BCUT2D eigenvalue weighted by molar-refractivity contribution is 0.529. The minimum atomic E-state index is -0.376. The summed E-state index contributed by atoms with van der Waals surface area (Å²) in [4.78, 5) is 11.3. The third-order valence-corrected chi connectivity index (χ3v) is 2.84. The number of H-pyrrole nitrogens is 1. The van der Waals surface area contributed by atoms with Crippen LogP contribution in [0.1, 0.15) is 18.5 Å². The van der Waals surface area contributed by atoms with E-state index in [1.54, 1.807) is 25.1 Å². The molecule has 1 unspecified atom stereocenters. The number of aromatic amines is 1. The van der Waals surface area contributed by atoms with Gasteiger partial charge in [0, 0.05) is 10.0 Å². The van der Waals surface area contributed by atoms with E-state index >= 15 is 0 Å². The van der Waals surface area contributed by atoms with E-state index in [-0.39, 0.29) is 11.7 Å². The predicted octanol–water partition coefficient (Wildman–Crippen LogP) is 1.88. The molecule has 16 heavy (non-hydrogen) atoms. The number of halogens is 2. The summed E-state index contributed by atoms with van der Waals surface area (Å²) < 4.78 is 1.22. The molecule has 1 aromatic heterocycles. The standard InChI is InChI=1S/C9H8Cl2N4O/c1-5(15-9(16)12-13-14-15)7-3-2-6(10)4-8(7)11/h2-5H,1H3,(H,12,14,16). The fraction of sp³-hybridized carbons (Fsp3) is 0.222. The largest absolute Gasteiger partial charge is 0.361 e. The molecule has 0 saturated carbocycles. The van der Waals surface area contributed by atoms with Crippen molar-refractivity contribution in [3.8, 4) is 0 Å². The van der Waals surface area contributed by atoms with Gasteiger partial charge in [-0.2, -0.15) is 4.68 Å². The van der Waals surface area contributed by atoms with Crippen LogP contribution in [-0.4, -0.2) is 20.2 Å². The molecule has 84 valence electrons. The number of benzene rings is 1. The molecule has 0 spiro atoms. The number of rotatable bonds is 2. The van der Waals surface area contributed by atoms with Gasteiger partial charge in [0.15, 0.2) is 0 Å². The Kier molecular flexibility index (Phi) is 2.98. The third kappa shape index (κ3) is 1.96. The van der Waals surface area contributed by atoms with Crippen LogP contribution in [0.2, 0.25) is 10.0 Å². The quantitative estimate of drug-likeness (QED) is 0.895. The second kappa shape index (κ2) is 4.27. The Hall–Kier alpha value is -1.33. The van der Waals surface area contributed by atoms with E-state index in [1.807, 2.05) is 0 Å². The van der Waals surface area contributed by atoms with Gasteiger partial charge in [-0.25, -0.2) is 9.89 Å². The molecule has 1 N–H and O–H groups in total. The molecule has 0 saturated heterocycles. The highest BCUT2D eigenvalue weighted by atomic mass is 35.5. The molecule has 0 radical (unpaired) electrons. The summed E-state index contributed by atoms with van der Waals surface area (Å²) in [6, 6.07) is 4.80. The summed E-state index contributed by atoms with van der Waals surface area (Å²) >= 11 is 11.8. The first-order valence-corrected chi connectivity index (χ1v) is 5.30. The van der Waals surface area contributed by atoms with Crippen molar-refractivity contribution >= 4 is 23.2 Å². The molecule has 1 atom stereocenters. The summed E-state index contributed by atoms with van der Waals surface area (Å²) in [5, 5.41) is 10.4. The van der Waals surface area contributed by atoms with Crippen LogP contribution in [0.4, 0.5) is 0 Å². The molecule has 0 fully saturated rings. The van der Waals surface area contributed by atoms with Crippen LogP contribution in [0.5, 0.6) is 0 Å². The Bertz CT molecular complexity index is 563. The monoisotopic (exact) mass is 258 g/mol. The molecule has 0 amide bonds. The van der Waals surface area contributed by atoms with E-state index in [0.29, 0.717) is 10.0 Å². The van der Waals surface area contributed by atoms with Crippen molar-refractivity contribution in [1.29, 1.82) is 0 Å². The summed E-state index contributed by atoms with van der Waals surface area (Å²) in [6.45, 7) is 1.80. The summed E-state index contributed by atoms with van der Waals surface area (Å²) in [5.74, 6) is 0. The van der Waals surface area contributed by atoms with Crippen molar-refractivity contribution in [3.63, 3.8) is 0 Å². The second-order valence-corrected chi connectivity index (χ2v) is 4.14. The molecular weight excluding hydrogens is 251 g/mol. The topological polar surface area (TPSA) is 63.6 Å². The molecule has 5 nitrogen and oxygen atoms in total. The van der Waals surface area contributed by atoms with Gasteiger partial charge < -0.3 is 0 Å². The number of aromatic nitrogens is 4. The van der Waals surface area contributed by atoms with E-state index in [1.165, 1.54) is 4.68 Å². The van der Waals surface area contributed by atoms with Gasteiger partial charge in [-0.05, 0) is 35.0 Å². The Labute approximate surface area is 101 Å². The predicted molar refractivity (Wildman–Crippen MR) is 60.9 cm³/mol. The smallest absolute Gasteiger partial charge is 0.244 e. The van der Waals surface area contributed by atoms with Crippen LogP contribution in [-0.2, 0) is 0 Å². The van der Waals surface area contributed by atoms with E-state index < -0.39 is 0 Å². The van der Waals surface area contributed by atoms with Crippen LogP contribution in [0.25, 0.3) is 0 Å². The van der Waals surface area contributed by atoms with Gasteiger partial charge in [0.05, 0.1) is 6.04 Å². The Morgan fingerprint density at radius 1 is 1.44 bits per heavy atom. The summed E-state index contributed by atoms with van der Waals surface area (Å²) in [7, 11) is 0. The first-order chi connectivity index (χ1) is 7.59. The minimum Gasteiger partial charge on any atom is -0.244 e. The lowest BCUT2D eigenvalue weighted by atomic mass is 10.1. The number of hydrogen-bond donors (Lipinski definition) is 1. The molecule has 0 aliphatic rings. The van der Waals surface area contributed by atoms with Gasteiger partial charge in [0.1, 0.15) is 0 Å². The highest BCUT2D eigenvalue weighted by Gasteiger charge is 2.15. The fourth-order valence-corrected chi connectivity index (χ4v) is 2.00. The maximum absolute atomic E-state index is 11.3. The van der Waals surface area contributed by atoms with Crippen molar-refractivity contribution in [2.75, 3.05) is 0 Å². The van der Waals surface area contributed by atoms with Crippen LogP contribution in [0, 0.1) is 0 Å². The number of hydrogen-bond acceptors (Lipinski definition) is 3. The Morgan fingerprint density at radius 2 is 2.19 bits per heavy atom. The molecule has 1 heterocycles. The third-order valence-electron chi connectivity index (χ3n) is 2.27. The van der Waals surface area contributed by atoms with E-state index in [4.69, 9.17) is 23.2 Å². The number of nitrogens with zero attached hydrogens (tertiary/aromatic N) is 3. The maximum atomic E-state index is 11.3. The molecule has 0 aliphatic carbocycles. The SMILES string of the molecule is CC(c1ccc(Cl)cc1Cl)n1nn[nH]c1=O. The lowest BCUT2D eigenvalue weighted by Gasteiger charge is -2.12. The molecule has 1 aromatic carbocycles. The molecule has 7 heteroatoms. The highest BCUT2D eigenvalue weighted by molar-refractivity contribution is 6.35. The molecule has 0 bridgehead atoms. The summed E-state index contributed by atoms with van der Waals surface area (Å²) in [5.41, 5.74) is 0.389. The zero-order valence-corrected chi connectivity index (χ0v) is 9.83. The first-order valence-electron chi connectivity index (χ1n) is 4.54. The molecule has 2 aromatic rings. The molecule has 0 aliphatic heterocycles. The average molecular weight is 259 g/mol. The van der Waals surface area contributed by atoms with Crippen LogP contribution in [0.15, 0.2) is 23.0 Å². The summed E-state index contributed by atoms with van der Waals surface area (Å²) in [6.07, 6.45) is 0. The first kappa shape index (κ1) is 11.2. The number of tetrazole rings is 1. The number of nitrogens with one attached hydrogen (secondary N) is 1. The minimum absolute atomic E-state index is 0.295. The van der Waals surface area contributed by atoms with Crippen LogP contribution >= 0.6 is 23.2 Å². The van der Waals surface area contributed by atoms with Crippen molar-refractivity contribution in [2.45, 2.75) is 13.0 Å². The highest BCUT2D eigenvalue weighted by Crippen LogP contribution is 2.27. The Balaban J connectivity index is 2.45.